The molecule has 11 heteroatoms. The molecule has 1 saturated carbocycles. The molecule has 1 saturated heterocycles. The quantitative estimate of drug-likeness (QED) is 0.0786. The smallest absolute Gasteiger partial charge is 0.243 e. The minimum absolute atomic E-state index is 0.0413. The van der Waals surface area contributed by atoms with E-state index in [9.17, 15) is 4.79 Å². The number of nitrogens with zero attached hydrogens (tertiary/aromatic N) is 4. The van der Waals surface area contributed by atoms with E-state index in [1.54, 1.807) is 5.48 Å². The van der Waals surface area contributed by atoms with Gasteiger partial charge >= 0.3 is 0 Å². The molecule has 1 atom stereocenters. The second-order valence-electron chi connectivity index (χ2n) is 10.7. The van der Waals surface area contributed by atoms with Crippen LogP contribution in [0.1, 0.15) is 89.7 Å². The summed E-state index contributed by atoms with van der Waals surface area (Å²) in [6, 6.07) is 8.79. The first-order chi connectivity index (χ1) is 19.7. The molecule has 0 radical (unpaired) electrons. The summed E-state index contributed by atoms with van der Waals surface area (Å²) in [7, 11) is 0. The average Bonchev–Trinajstić information content (AvgIpc) is 3.43. The lowest BCUT2D eigenvalue weighted by molar-refractivity contribution is -0.129. The number of hydroxylamine groups is 1. The van der Waals surface area contributed by atoms with Crippen LogP contribution in [0.4, 0.5) is 17.5 Å². The fourth-order valence-electron chi connectivity index (χ4n) is 5.42. The molecule has 1 amide bonds. The molecule has 216 valence electrons. The van der Waals surface area contributed by atoms with Crippen LogP contribution in [0.15, 0.2) is 35.5 Å². The monoisotopic (exact) mass is 567 g/mol. The number of imidazole rings is 1. The summed E-state index contributed by atoms with van der Waals surface area (Å²) in [5.41, 5.74) is 4.22. The Hall–Kier alpha value is -2.89. The van der Waals surface area contributed by atoms with Crippen molar-refractivity contribution >= 4 is 46.3 Å². The molecule has 1 aliphatic carbocycles. The molecule has 1 aromatic carbocycles. The van der Waals surface area contributed by atoms with Crippen LogP contribution in [0.2, 0.25) is 0 Å². The molecule has 5 rings (SSSR count). The molecule has 10 nitrogen and oxygen atoms in total. The Labute approximate surface area is 240 Å². The van der Waals surface area contributed by atoms with Crippen molar-refractivity contribution in [1.29, 1.82) is 0 Å². The van der Waals surface area contributed by atoms with Gasteiger partial charge in [0, 0.05) is 29.7 Å². The summed E-state index contributed by atoms with van der Waals surface area (Å²) in [5.74, 6) is 2.06. The van der Waals surface area contributed by atoms with E-state index in [-0.39, 0.29) is 12.1 Å². The van der Waals surface area contributed by atoms with Crippen molar-refractivity contribution in [1.82, 2.24) is 25.0 Å². The van der Waals surface area contributed by atoms with E-state index in [4.69, 9.17) is 24.9 Å². The molecule has 2 fully saturated rings. The molecule has 0 spiro atoms. The number of aromatic nitrogens is 4. The van der Waals surface area contributed by atoms with Crippen LogP contribution in [-0.4, -0.2) is 49.0 Å². The Morgan fingerprint density at radius 3 is 2.58 bits per heavy atom. The lowest BCUT2D eigenvalue weighted by atomic mass is 9.95. The third-order valence-corrected chi connectivity index (χ3v) is 8.73. The SMILES string of the molecule is O=C(CCCCCCSc1ccc(Nc2nc(NC3CCCCC3)c3ncn(C4CCCCO4)c3n2)cc1)NO. The summed E-state index contributed by atoms with van der Waals surface area (Å²) < 4.78 is 8.12. The standard InChI is InChI=1S/C29H41N7O3S/c37-24(35-38)12-6-1-2-9-19-40-23-16-14-22(15-17-23)32-29-33-27(31-21-10-4-3-5-11-21)26-28(34-29)36(20-30-26)25-13-7-8-18-39-25/h14-17,20-21,25,38H,1-13,18-19H2,(H,35,37)(H2,31,32,33,34). The molecule has 40 heavy (non-hydrogen) atoms. The van der Waals surface area contributed by atoms with Gasteiger partial charge in [-0.05, 0) is 75.0 Å². The number of anilines is 3. The molecule has 2 aliphatic rings. The number of rotatable bonds is 13. The van der Waals surface area contributed by atoms with Crippen molar-refractivity contribution in [2.45, 2.75) is 101 Å². The van der Waals surface area contributed by atoms with Gasteiger partial charge in [-0.25, -0.2) is 10.5 Å². The van der Waals surface area contributed by atoms with Gasteiger partial charge in [0.15, 0.2) is 17.0 Å². The van der Waals surface area contributed by atoms with E-state index in [1.165, 1.54) is 24.2 Å². The molecule has 1 aliphatic heterocycles. The van der Waals surface area contributed by atoms with Crippen molar-refractivity contribution in [3.63, 3.8) is 0 Å². The highest BCUT2D eigenvalue weighted by molar-refractivity contribution is 7.99. The van der Waals surface area contributed by atoms with Crippen molar-refractivity contribution in [2.75, 3.05) is 23.0 Å². The van der Waals surface area contributed by atoms with E-state index in [0.717, 1.165) is 92.8 Å². The van der Waals surface area contributed by atoms with Gasteiger partial charge < -0.3 is 15.4 Å². The van der Waals surface area contributed by atoms with E-state index >= 15 is 0 Å². The van der Waals surface area contributed by atoms with Gasteiger partial charge in [0.2, 0.25) is 11.9 Å². The van der Waals surface area contributed by atoms with Gasteiger partial charge in [-0.1, -0.05) is 32.1 Å². The number of carbonyl (C=O) groups excluding carboxylic acids is 1. The van der Waals surface area contributed by atoms with Crippen LogP contribution in [0.3, 0.4) is 0 Å². The summed E-state index contributed by atoms with van der Waals surface area (Å²) in [6.07, 6.45) is 15.4. The van der Waals surface area contributed by atoms with Crippen LogP contribution in [-0.2, 0) is 9.53 Å². The highest BCUT2D eigenvalue weighted by atomic mass is 32.2. The highest BCUT2D eigenvalue weighted by Crippen LogP contribution is 2.31. The molecule has 2 aromatic heterocycles. The fraction of sp³-hybridized carbons (Fsp3) is 0.586. The van der Waals surface area contributed by atoms with Gasteiger partial charge in [-0.2, -0.15) is 9.97 Å². The van der Waals surface area contributed by atoms with Crippen LogP contribution in [0.5, 0.6) is 0 Å². The number of hydrogen-bond acceptors (Lipinski definition) is 9. The number of ether oxygens (including phenoxy) is 1. The molecule has 3 aromatic rings. The number of fused-ring (bicyclic) bond motifs is 1. The van der Waals surface area contributed by atoms with Crippen LogP contribution < -0.4 is 16.1 Å². The van der Waals surface area contributed by atoms with Gasteiger partial charge in [0.1, 0.15) is 6.23 Å². The van der Waals surface area contributed by atoms with E-state index in [1.807, 2.05) is 18.1 Å². The van der Waals surface area contributed by atoms with Crippen molar-refractivity contribution in [3.05, 3.63) is 30.6 Å². The van der Waals surface area contributed by atoms with Crippen LogP contribution in [0.25, 0.3) is 11.2 Å². The minimum Gasteiger partial charge on any atom is -0.365 e. The van der Waals surface area contributed by atoms with Crippen LogP contribution in [0, 0.1) is 0 Å². The summed E-state index contributed by atoms with van der Waals surface area (Å²) in [6.45, 7) is 0.765. The predicted octanol–water partition coefficient (Wildman–Crippen LogP) is 6.56. The largest absolute Gasteiger partial charge is 0.365 e. The maximum atomic E-state index is 11.1. The second-order valence-corrected chi connectivity index (χ2v) is 11.9. The summed E-state index contributed by atoms with van der Waals surface area (Å²) >= 11 is 1.83. The third kappa shape index (κ3) is 7.86. The Morgan fingerprint density at radius 2 is 1.80 bits per heavy atom. The maximum Gasteiger partial charge on any atom is 0.243 e. The topological polar surface area (TPSA) is 126 Å². The first-order valence-electron chi connectivity index (χ1n) is 14.7. The van der Waals surface area contributed by atoms with Gasteiger partial charge in [-0.3, -0.25) is 14.6 Å². The number of amides is 1. The number of unbranched alkanes of at least 4 members (excludes halogenated alkanes) is 3. The first kappa shape index (κ1) is 28.6. The number of nitrogens with one attached hydrogen (secondary N) is 3. The molecule has 4 N–H and O–H groups in total. The fourth-order valence-corrected chi connectivity index (χ4v) is 6.33. The van der Waals surface area contributed by atoms with Gasteiger partial charge in [0.05, 0.1) is 6.33 Å². The maximum absolute atomic E-state index is 11.1. The Balaban J connectivity index is 1.23. The lowest BCUT2D eigenvalue weighted by Gasteiger charge is -2.25. The zero-order valence-electron chi connectivity index (χ0n) is 23.1. The zero-order valence-corrected chi connectivity index (χ0v) is 23.9. The zero-order chi connectivity index (χ0) is 27.6. The van der Waals surface area contributed by atoms with Gasteiger partial charge in [-0.15, -0.1) is 11.8 Å². The highest BCUT2D eigenvalue weighted by Gasteiger charge is 2.23. The third-order valence-electron chi connectivity index (χ3n) is 7.64. The molecular formula is C29H41N7O3S. The Kier molecular flexibility index (Phi) is 10.5. The molecule has 0 bridgehead atoms. The molecule has 1 unspecified atom stereocenters. The van der Waals surface area contributed by atoms with Crippen molar-refractivity contribution < 1.29 is 14.7 Å². The first-order valence-corrected chi connectivity index (χ1v) is 15.7. The summed E-state index contributed by atoms with van der Waals surface area (Å²) in [5, 5.41) is 15.6. The molecule has 3 heterocycles. The van der Waals surface area contributed by atoms with E-state index in [0.29, 0.717) is 18.4 Å². The van der Waals surface area contributed by atoms with Gasteiger partial charge in [0.25, 0.3) is 0 Å². The van der Waals surface area contributed by atoms with Crippen molar-refractivity contribution in [3.8, 4) is 0 Å². The van der Waals surface area contributed by atoms with E-state index < -0.39 is 0 Å². The minimum atomic E-state index is -0.311. The Bertz CT molecular complexity index is 1220. The normalized spacial score (nSPS) is 18.1. The van der Waals surface area contributed by atoms with Crippen molar-refractivity contribution in [2.24, 2.45) is 0 Å². The lowest BCUT2D eigenvalue weighted by Crippen LogP contribution is -2.23. The van der Waals surface area contributed by atoms with E-state index in [2.05, 4.69) is 39.5 Å². The average molecular weight is 568 g/mol. The summed E-state index contributed by atoms with van der Waals surface area (Å²) in [4.78, 5) is 26.8. The predicted molar refractivity (Wildman–Crippen MR) is 158 cm³/mol. The number of thioether (sulfide) groups is 1. The molecular weight excluding hydrogens is 526 g/mol. The van der Waals surface area contributed by atoms with Crippen LogP contribution >= 0.6 is 11.8 Å². The number of benzene rings is 1. The second kappa shape index (κ2) is 14.7. The number of carbonyl (C=O) groups is 1. The number of hydrogen-bond donors (Lipinski definition) is 4. The Morgan fingerprint density at radius 1 is 1.00 bits per heavy atom.